The van der Waals surface area contributed by atoms with Crippen LogP contribution in [0, 0.1) is 11.3 Å². The lowest BCUT2D eigenvalue weighted by molar-refractivity contribution is 0.0724. The number of carbonyl (C=O) groups is 1. The lowest BCUT2D eigenvalue weighted by Crippen LogP contribution is -2.35. The van der Waals surface area contributed by atoms with Gasteiger partial charge in [0.15, 0.2) is 0 Å². The number of hydrogen-bond donors (Lipinski definition) is 1. The molecule has 1 N–H and O–H groups in total. The van der Waals surface area contributed by atoms with Crippen molar-refractivity contribution in [3.05, 3.63) is 72.6 Å². The number of nitriles is 1. The van der Waals surface area contributed by atoms with Gasteiger partial charge in [0, 0.05) is 36.6 Å². The summed E-state index contributed by atoms with van der Waals surface area (Å²) in [6.45, 7) is 3.98. The Morgan fingerprint density at radius 2 is 1.88 bits per heavy atom. The molecule has 1 aliphatic heterocycles. The molecule has 1 aliphatic rings. The summed E-state index contributed by atoms with van der Waals surface area (Å²) in [5.74, 6) is 1.40. The van der Waals surface area contributed by atoms with E-state index in [1.165, 1.54) is 12.7 Å². The number of likely N-dealkylation sites (tertiary alicyclic amines) is 1. The number of rotatable bonds is 9. The summed E-state index contributed by atoms with van der Waals surface area (Å²) >= 11 is 0. The summed E-state index contributed by atoms with van der Waals surface area (Å²) in [7, 11) is 1.57. The Balaban J connectivity index is 1.29. The second-order valence-electron chi connectivity index (χ2n) is 9.56. The molecule has 1 atom stereocenters. The highest BCUT2D eigenvalue weighted by Crippen LogP contribution is 2.30. The molecule has 11 heteroatoms. The van der Waals surface area contributed by atoms with Crippen molar-refractivity contribution < 1.29 is 14.3 Å². The molecule has 0 bridgehead atoms. The third kappa shape index (κ3) is 6.18. The molecule has 204 valence electrons. The van der Waals surface area contributed by atoms with Gasteiger partial charge in [-0.15, -0.1) is 0 Å². The van der Waals surface area contributed by atoms with Gasteiger partial charge in [-0.1, -0.05) is 6.07 Å². The third-order valence-corrected chi connectivity index (χ3v) is 6.66. The van der Waals surface area contributed by atoms with Gasteiger partial charge < -0.3 is 19.7 Å². The number of nitrogens with one attached hydrogen (secondary N) is 1. The van der Waals surface area contributed by atoms with Crippen molar-refractivity contribution in [1.82, 2.24) is 29.6 Å². The maximum absolute atomic E-state index is 12.9. The number of carbonyl (C=O) groups excluding carboxylic acids is 1. The minimum absolute atomic E-state index is 0.0173. The minimum Gasteiger partial charge on any atom is -0.495 e. The van der Waals surface area contributed by atoms with Crippen LogP contribution in [-0.2, 0) is 6.54 Å². The second-order valence-corrected chi connectivity index (χ2v) is 9.56. The highest BCUT2D eigenvalue weighted by molar-refractivity contribution is 5.95. The van der Waals surface area contributed by atoms with Crippen molar-refractivity contribution in [3.8, 4) is 28.7 Å². The van der Waals surface area contributed by atoms with Crippen molar-refractivity contribution in [2.75, 3.05) is 25.5 Å². The van der Waals surface area contributed by atoms with E-state index >= 15 is 0 Å². The lowest BCUT2D eigenvalue weighted by atomic mass is 10.1. The van der Waals surface area contributed by atoms with Gasteiger partial charge in [-0.05, 0) is 62.1 Å². The van der Waals surface area contributed by atoms with Crippen LogP contribution in [0.4, 0.5) is 11.6 Å². The molecule has 3 heterocycles. The average Bonchev–Trinajstić information content (AvgIpc) is 3.50. The van der Waals surface area contributed by atoms with E-state index in [0.29, 0.717) is 40.8 Å². The molecule has 40 heavy (non-hydrogen) atoms. The molecule has 0 aliphatic carbocycles. The Labute approximate surface area is 232 Å². The molecule has 1 saturated heterocycles. The highest BCUT2D eigenvalue weighted by Gasteiger charge is 2.20. The summed E-state index contributed by atoms with van der Waals surface area (Å²) in [5, 5.41) is 16.8. The van der Waals surface area contributed by atoms with Crippen LogP contribution in [0.2, 0.25) is 0 Å². The summed E-state index contributed by atoms with van der Waals surface area (Å²) < 4.78 is 13.3. The molecule has 1 amide bonds. The number of ether oxygens (including phenoxy) is 2. The summed E-state index contributed by atoms with van der Waals surface area (Å²) in [6.07, 6.45) is 9.48. The zero-order valence-electron chi connectivity index (χ0n) is 22.4. The zero-order valence-corrected chi connectivity index (χ0v) is 22.4. The van der Waals surface area contributed by atoms with Gasteiger partial charge in [-0.25, -0.2) is 19.6 Å². The first kappa shape index (κ1) is 26.6. The van der Waals surface area contributed by atoms with Gasteiger partial charge in [0.25, 0.3) is 5.91 Å². The van der Waals surface area contributed by atoms with Gasteiger partial charge in [0.05, 0.1) is 24.9 Å². The number of benzene rings is 2. The van der Waals surface area contributed by atoms with Crippen LogP contribution < -0.4 is 14.8 Å². The first-order valence-corrected chi connectivity index (χ1v) is 13.1. The van der Waals surface area contributed by atoms with E-state index in [-0.39, 0.29) is 12.0 Å². The molecule has 11 nitrogen and oxygen atoms in total. The standard InChI is InChI=1S/C29H30N8O3/c1-20(17-37-19-31-18-34-37)40-26-12-21(6-7-23(26)14-30)24-15-32-29(33-16-24)35-25-9-8-22(13-27(25)39-2)28(38)36-10-4-3-5-11-36/h6-9,12-13,15-16,18-20H,3-5,10-11,17H2,1-2H3,(H,32,33,35)/t20-/m0/s1. The fraction of sp³-hybridized carbons (Fsp3) is 0.310. The van der Waals surface area contributed by atoms with E-state index in [1.807, 2.05) is 24.0 Å². The topological polar surface area (TPSA) is 131 Å². The van der Waals surface area contributed by atoms with E-state index in [9.17, 15) is 10.1 Å². The largest absolute Gasteiger partial charge is 0.495 e. The SMILES string of the molecule is COc1cc(C(=O)N2CCCCC2)ccc1Nc1ncc(-c2ccc(C#N)c(O[C@@H](C)Cn3cncn3)c2)cn1. The van der Waals surface area contributed by atoms with Gasteiger partial charge in [-0.2, -0.15) is 10.4 Å². The van der Waals surface area contributed by atoms with Crippen molar-refractivity contribution in [2.24, 2.45) is 0 Å². The minimum atomic E-state index is -0.233. The fourth-order valence-electron chi connectivity index (χ4n) is 4.61. The van der Waals surface area contributed by atoms with Crippen LogP contribution >= 0.6 is 0 Å². The molecule has 1 fully saturated rings. The second kappa shape index (κ2) is 12.3. The van der Waals surface area contributed by atoms with Crippen LogP contribution in [0.3, 0.4) is 0 Å². The van der Waals surface area contributed by atoms with Crippen LogP contribution in [0.5, 0.6) is 11.5 Å². The monoisotopic (exact) mass is 538 g/mol. The van der Waals surface area contributed by atoms with Gasteiger partial charge in [0.2, 0.25) is 5.95 Å². The highest BCUT2D eigenvalue weighted by atomic mass is 16.5. The zero-order chi connectivity index (χ0) is 27.9. The van der Waals surface area contributed by atoms with Gasteiger partial charge in [0.1, 0.15) is 36.3 Å². The van der Waals surface area contributed by atoms with E-state index in [4.69, 9.17) is 9.47 Å². The van der Waals surface area contributed by atoms with E-state index < -0.39 is 0 Å². The molecule has 2 aromatic carbocycles. The van der Waals surface area contributed by atoms with Crippen molar-refractivity contribution in [1.29, 1.82) is 5.26 Å². The molecule has 0 unspecified atom stereocenters. The summed E-state index contributed by atoms with van der Waals surface area (Å²) in [5.41, 5.74) is 3.25. The average molecular weight is 539 g/mol. The molecule has 2 aromatic heterocycles. The summed E-state index contributed by atoms with van der Waals surface area (Å²) in [6, 6.07) is 12.9. The molecule has 4 aromatic rings. The van der Waals surface area contributed by atoms with Crippen molar-refractivity contribution in [2.45, 2.75) is 38.8 Å². The molecular weight excluding hydrogens is 508 g/mol. The predicted octanol–water partition coefficient (Wildman–Crippen LogP) is 4.45. The van der Waals surface area contributed by atoms with Crippen LogP contribution in [0.15, 0.2) is 61.4 Å². The van der Waals surface area contributed by atoms with E-state index in [0.717, 1.165) is 37.1 Å². The predicted molar refractivity (Wildman–Crippen MR) is 148 cm³/mol. The Morgan fingerprint density at radius 3 is 2.58 bits per heavy atom. The Morgan fingerprint density at radius 1 is 1.07 bits per heavy atom. The first-order chi connectivity index (χ1) is 19.5. The van der Waals surface area contributed by atoms with E-state index in [2.05, 4.69) is 31.4 Å². The molecule has 5 rings (SSSR count). The number of amides is 1. The molecule has 0 saturated carbocycles. The van der Waals surface area contributed by atoms with Crippen molar-refractivity contribution in [3.63, 3.8) is 0 Å². The van der Waals surface area contributed by atoms with Gasteiger partial charge >= 0.3 is 0 Å². The quantitative estimate of drug-likeness (QED) is 0.328. The fourth-order valence-corrected chi connectivity index (χ4v) is 4.61. The number of piperidine rings is 1. The number of hydrogen-bond acceptors (Lipinski definition) is 9. The van der Waals surface area contributed by atoms with Crippen molar-refractivity contribution >= 4 is 17.5 Å². The van der Waals surface area contributed by atoms with Crippen LogP contribution in [-0.4, -0.2) is 61.8 Å². The number of anilines is 2. The summed E-state index contributed by atoms with van der Waals surface area (Å²) in [4.78, 5) is 27.7. The Kier molecular flexibility index (Phi) is 8.15. The van der Waals surface area contributed by atoms with Crippen LogP contribution in [0.1, 0.15) is 42.1 Å². The number of aromatic nitrogens is 5. The van der Waals surface area contributed by atoms with E-state index in [1.54, 1.807) is 54.8 Å². The third-order valence-electron chi connectivity index (χ3n) is 6.66. The first-order valence-electron chi connectivity index (χ1n) is 13.1. The maximum atomic E-state index is 12.9. The van der Waals surface area contributed by atoms with Crippen LogP contribution in [0.25, 0.3) is 11.1 Å². The maximum Gasteiger partial charge on any atom is 0.253 e. The molecular formula is C29H30N8O3. The molecule has 0 radical (unpaired) electrons. The number of nitrogens with zero attached hydrogens (tertiary/aromatic N) is 7. The Hall–Kier alpha value is -4.98. The van der Waals surface area contributed by atoms with Gasteiger partial charge in [-0.3, -0.25) is 4.79 Å². The number of methoxy groups -OCH3 is 1. The molecule has 0 spiro atoms. The Bertz CT molecular complexity index is 1490. The normalized spacial score (nSPS) is 13.8. The lowest BCUT2D eigenvalue weighted by Gasteiger charge is -2.27. The smallest absolute Gasteiger partial charge is 0.253 e.